The van der Waals surface area contributed by atoms with Crippen molar-refractivity contribution in [2.75, 3.05) is 40.9 Å². The van der Waals surface area contributed by atoms with Crippen molar-refractivity contribution in [3.05, 3.63) is 0 Å². The highest BCUT2D eigenvalue weighted by molar-refractivity contribution is 4.77. The predicted molar refractivity (Wildman–Crippen MR) is 63.1 cm³/mol. The maximum atomic E-state index is 9.22. The summed E-state index contributed by atoms with van der Waals surface area (Å²) in [6, 6.07) is 0.111. The molecule has 0 aromatic heterocycles. The van der Waals surface area contributed by atoms with Crippen LogP contribution in [0.1, 0.15) is 20.3 Å². The molecule has 0 aromatic rings. The Balaban J connectivity index is 3.82. The average molecular weight is 218 g/mol. The molecule has 2 N–H and O–H groups in total. The van der Waals surface area contributed by atoms with Crippen LogP contribution in [0, 0.1) is 0 Å². The number of ether oxygens (including phenoxy) is 1. The Labute approximate surface area is 93.6 Å². The van der Waals surface area contributed by atoms with Gasteiger partial charge in [-0.25, -0.2) is 0 Å². The van der Waals surface area contributed by atoms with Gasteiger partial charge in [-0.1, -0.05) is 0 Å². The topological polar surface area (TPSA) is 44.7 Å². The van der Waals surface area contributed by atoms with E-state index in [1.807, 2.05) is 27.9 Å². The smallest absolute Gasteiger partial charge is 0.0638 e. The van der Waals surface area contributed by atoms with Gasteiger partial charge in [-0.2, -0.15) is 0 Å². The molecule has 0 spiro atoms. The number of hydrogen-bond donors (Lipinski definition) is 2. The monoisotopic (exact) mass is 218 g/mol. The number of hydrogen-bond acceptors (Lipinski definition) is 4. The largest absolute Gasteiger partial charge is 0.395 e. The van der Waals surface area contributed by atoms with Crippen LogP contribution in [-0.4, -0.2) is 62.6 Å². The minimum atomic E-state index is -0.182. The van der Waals surface area contributed by atoms with E-state index in [1.54, 1.807) is 7.11 Å². The summed E-state index contributed by atoms with van der Waals surface area (Å²) in [6.07, 6.45) is 0.813. The molecule has 0 aromatic carbocycles. The third-order valence-corrected chi connectivity index (χ3v) is 2.50. The maximum Gasteiger partial charge on any atom is 0.0638 e. The van der Waals surface area contributed by atoms with E-state index in [0.29, 0.717) is 0 Å². The first-order valence-corrected chi connectivity index (χ1v) is 5.45. The Morgan fingerprint density at radius 3 is 2.40 bits per heavy atom. The number of likely N-dealkylation sites (N-methyl/N-ethyl adjacent to an activating group) is 1. The van der Waals surface area contributed by atoms with Gasteiger partial charge < -0.3 is 20.1 Å². The van der Waals surface area contributed by atoms with E-state index in [9.17, 15) is 5.11 Å². The second-order valence-electron chi connectivity index (χ2n) is 4.80. The van der Waals surface area contributed by atoms with Gasteiger partial charge in [0.15, 0.2) is 0 Å². The van der Waals surface area contributed by atoms with Crippen LogP contribution in [-0.2, 0) is 4.74 Å². The Bertz CT molecular complexity index is 161. The molecule has 92 valence electrons. The van der Waals surface area contributed by atoms with E-state index >= 15 is 0 Å². The molecule has 4 nitrogen and oxygen atoms in total. The first kappa shape index (κ1) is 14.8. The van der Waals surface area contributed by atoms with Gasteiger partial charge in [-0.15, -0.1) is 0 Å². The number of aliphatic hydroxyl groups excluding tert-OH is 1. The molecule has 4 heteroatoms. The lowest BCUT2D eigenvalue weighted by Gasteiger charge is -2.28. The zero-order valence-corrected chi connectivity index (χ0v) is 10.7. The second-order valence-corrected chi connectivity index (χ2v) is 4.80. The van der Waals surface area contributed by atoms with Gasteiger partial charge >= 0.3 is 0 Å². The summed E-state index contributed by atoms with van der Waals surface area (Å²) < 4.78 is 5.34. The number of nitrogens with zero attached hydrogens (tertiary/aromatic N) is 1. The summed E-state index contributed by atoms with van der Waals surface area (Å²) in [7, 11) is 5.78. The molecule has 15 heavy (non-hydrogen) atoms. The number of rotatable bonds is 8. The molecular formula is C11H26N2O2. The van der Waals surface area contributed by atoms with Gasteiger partial charge in [0, 0.05) is 26.2 Å². The first-order valence-electron chi connectivity index (χ1n) is 5.45. The molecule has 0 amide bonds. The van der Waals surface area contributed by atoms with Gasteiger partial charge in [0.1, 0.15) is 0 Å². The van der Waals surface area contributed by atoms with E-state index < -0.39 is 0 Å². The molecule has 1 unspecified atom stereocenters. The zero-order chi connectivity index (χ0) is 11.9. The lowest BCUT2D eigenvalue weighted by atomic mass is 9.99. The van der Waals surface area contributed by atoms with Crippen LogP contribution in [0.3, 0.4) is 0 Å². The van der Waals surface area contributed by atoms with Crippen molar-refractivity contribution in [3.8, 4) is 0 Å². The molecule has 1 atom stereocenters. The minimum Gasteiger partial charge on any atom is -0.395 e. The van der Waals surface area contributed by atoms with Gasteiger partial charge in [-0.05, 0) is 34.4 Å². The minimum absolute atomic E-state index is 0.111. The number of methoxy groups -OCH3 is 1. The fourth-order valence-corrected chi connectivity index (χ4v) is 1.37. The summed E-state index contributed by atoms with van der Waals surface area (Å²) in [5, 5.41) is 12.5. The van der Waals surface area contributed by atoms with Crippen LogP contribution in [0.4, 0.5) is 0 Å². The highest BCUT2D eigenvalue weighted by Crippen LogP contribution is 2.15. The van der Waals surface area contributed by atoms with Gasteiger partial charge in [0.25, 0.3) is 0 Å². The predicted octanol–water partition coefficient (Wildman–Crippen LogP) is 0.314. The first-order chi connectivity index (χ1) is 6.91. The summed E-state index contributed by atoms with van der Waals surface area (Å²) in [4.78, 5) is 2.11. The van der Waals surface area contributed by atoms with E-state index in [4.69, 9.17) is 4.74 Å². The Morgan fingerprint density at radius 1 is 1.40 bits per heavy atom. The summed E-state index contributed by atoms with van der Waals surface area (Å²) >= 11 is 0. The number of aliphatic hydroxyl groups is 1. The molecule has 0 saturated heterocycles. The fraction of sp³-hybridized carbons (Fsp3) is 1.00. The van der Waals surface area contributed by atoms with Crippen molar-refractivity contribution < 1.29 is 9.84 Å². The molecule has 0 radical (unpaired) electrons. The molecule has 0 saturated carbocycles. The molecule has 0 heterocycles. The summed E-state index contributed by atoms with van der Waals surface area (Å²) in [6.45, 7) is 6.08. The quantitative estimate of drug-likeness (QED) is 0.615. The molecule has 0 aliphatic carbocycles. The fourth-order valence-electron chi connectivity index (χ4n) is 1.37. The highest BCUT2D eigenvalue weighted by Gasteiger charge is 2.21. The van der Waals surface area contributed by atoms with Crippen LogP contribution >= 0.6 is 0 Å². The van der Waals surface area contributed by atoms with Crippen LogP contribution in [0.15, 0.2) is 0 Å². The van der Waals surface area contributed by atoms with E-state index in [0.717, 1.165) is 19.5 Å². The Kier molecular flexibility index (Phi) is 7.09. The van der Waals surface area contributed by atoms with Crippen molar-refractivity contribution in [1.82, 2.24) is 10.2 Å². The average Bonchev–Trinajstić information content (AvgIpc) is 2.15. The van der Waals surface area contributed by atoms with Crippen LogP contribution < -0.4 is 5.32 Å². The third-order valence-electron chi connectivity index (χ3n) is 2.50. The molecule has 0 aliphatic rings. The maximum absolute atomic E-state index is 9.22. The molecule has 0 bridgehead atoms. The molecule has 0 rings (SSSR count). The van der Waals surface area contributed by atoms with Crippen molar-refractivity contribution in [2.45, 2.75) is 31.9 Å². The molecular weight excluding hydrogens is 192 g/mol. The van der Waals surface area contributed by atoms with Crippen LogP contribution in [0.5, 0.6) is 0 Å². The Morgan fingerprint density at radius 2 is 2.00 bits per heavy atom. The standard InChI is InChI=1S/C11H26N2O2/c1-11(2,15-5)8-10(9-14)12-6-7-13(3)4/h10,12,14H,6-9H2,1-5H3. The normalized spacial score (nSPS) is 14.6. The zero-order valence-electron chi connectivity index (χ0n) is 10.7. The SMILES string of the molecule is COC(C)(C)CC(CO)NCCN(C)C. The molecule has 0 fully saturated rings. The highest BCUT2D eigenvalue weighted by atomic mass is 16.5. The van der Waals surface area contributed by atoms with E-state index in [-0.39, 0.29) is 18.2 Å². The summed E-state index contributed by atoms with van der Waals surface area (Å²) in [5.41, 5.74) is -0.182. The Hall–Kier alpha value is -0.160. The number of nitrogens with one attached hydrogen (secondary N) is 1. The third kappa shape index (κ3) is 7.73. The lowest BCUT2D eigenvalue weighted by Crippen LogP contribution is -2.42. The van der Waals surface area contributed by atoms with Crippen molar-refractivity contribution in [3.63, 3.8) is 0 Å². The van der Waals surface area contributed by atoms with E-state index in [2.05, 4.69) is 10.2 Å². The van der Waals surface area contributed by atoms with E-state index in [1.165, 1.54) is 0 Å². The lowest BCUT2D eigenvalue weighted by molar-refractivity contribution is 0.00158. The second kappa shape index (κ2) is 7.17. The van der Waals surface area contributed by atoms with Crippen molar-refractivity contribution in [1.29, 1.82) is 0 Å². The van der Waals surface area contributed by atoms with Gasteiger partial charge in [0.2, 0.25) is 0 Å². The molecule has 0 aliphatic heterocycles. The van der Waals surface area contributed by atoms with Crippen molar-refractivity contribution >= 4 is 0 Å². The van der Waals surface area contributed by atoms with Crippen LogP contribution in [0.25, 0.3) is 0 Å². The van der Waals surface area contributed by atoms with Gasteiger partial charge in [0.05, 0.1) is 12.2 Å². The van der Waals surface area contributed by atoms with Gasteiger partial charge in [-0.3, -0.25) is 0 Å². The van der Waals surface area contributed by atoms with Crippen LogP contribution in [0.2, 0.25) is 0 Å². The summed E-state index contributed by atoms with van der Waals surface area (Å²) in [5.74, 6) is 0. The van der Waals surface area contributed by atoms with Crippen molar-refractivity contribution in [2.24, 2.45) is 0 Å².